The maximum absolute atomic E-state index is 13.6. The van der Waals surface area contributed by atoms with E-state index in [-0.39, 0.29) is 5.92 Å². The number of halogens is 2. The molecule has 1 N–H and O–H groups in total. The standard InChI is InChI=1S/C12H18F2O3S/c1-9-5-10-3-2-4-11(6-9,7-10)8-12(13,14)18(15,16)17/h5,9H,2-4,6-8H2,1H3,(H,15,16,17). The van der Waals surface area contributed by atoms with E-state index in [2.05, 4.69) is 6.08 Å². The van der Waals surface area contributed by atoms with Crippen LogP contribution < -0.4 is 0 Å². The van der Waals surface area contributed by atoms with Gasteiger partial charge in [-0.15, -0.1) is 0 Å². The lowest BCUT2D eigenvalue weighted by atomic mass is 9.62. The first-order valence-electron chi connectivity index (χ1n) is 6.18. The fourth-order valence-corrected chi connectivity index (χ4v) is 4.05. The molecule has 18 heavy (non-hydrogen) atoms. The summed E-state index contributed by atoms with van der Waals surface area (Å²) in [5.41, 5.74) is 0.493. The van der Waals surface area contributed by atoms with Gasteiger partial charge in [0.2, 0.25) is 0 Å². The van der Waals surface area contributed by atoms with Gasteiger partial charge in [0.05, 0.1) is 0 Å². The number of rotatable bonds is 3. The van der Waals surface area contributed by atoms with Crippen molar-refractivity contribution in [1.82, 2.24) is 0 Å². The van der Waals surface area contributed by atoms with Crippen molar-refractivity contribution in [2.45, 2.75) is 50.7 Å². The molecule has 2 aliphatic rings. The van der Waals surface area contributed by atoms with E-state index in [9.17, 15) is 17.2 Å². The quantitative estimate of drug-likeness (QED) is 0.637. The molecule has 2 rings (SSSR count). The lowest BCUT2D eigenvalue weighted by Gasteiger charge is -2.44. The van der Waals surface area contributed by atoms with Gasteiger partial charge in [0.25, 0.3) is 0 Å². The molecule has 2 bridgehead atoms. The second-order valence-electron chi connectivity index (χ2n) is 5.83. The Bertz CT molecular complexity index is 470. The highest BCUT2D eigenvalue weighted by atomic mass is 32.2. The highest BCUT2D eigenvalue weighted by Gasteiger charge is 2.52. The summed E-state index contributed by atoms with van der Waals surface area (Å²) >= 11 is 0. The summed E-state index contributed by atoms with van der Waals surface area (Å²) in [6.45, 7) is 1.96. The van der Waals surface area contributed by atoms with E-state index in [1.807, 2.05) is 6.92 Å². The van der Waals surface area contributed by atoms with Crippen LogP contribution >= 0.6 is 0 Å². The van der Waals surface area contributed by atoms with Crippen LogP contribution in [0.5, 0.6) is 0 Å². The van der Waals surface area contributed by atoms with E-state index >= 15 is 0 Å². The van der Waals surface area contributed by atoms with E-state index in [0.717, 1.165) is 18.4 Å². The van der Waals surface area contributed by atoms with Crippen molar-refractivity contribution < 1.29 is 21.8 Å². The van der Waals surface area contributed by atoms with Crippen LogP contribution in [0.3, 0.4) is 0 Å². The van der Waals surface area contributed by atoms with Gasteiger partial charge in [-0.2, -0.15) is 17.2 Å². The van der Waals surface area contributed by atoms with Crippen molar-refractivity contribution >= 4 is 10.1 Å². The predicted molar refractivity (Wildman–Crippen MR) is 63.9 cm³/mol. The van der Waals surface area contributed by atoms with Crippen molar-refractivity contribution in [2.75, 3.05) is 0 Å². The molecule has 0 aromatic carbocycles. The van der Waals surface area contributed by atoms with Crippen molar-refractivity contribution in [2.24, 2.45) is 11.3 Å². The summed E-state index contributed by atoms with van der Waals surface area (Å²) < 4.78 is 57.3. The van der Waals surface area contributed by atoms with Gasteiger partial charge in [0, 0.05) is 6.42 Å². The first kappa shape index (κ1) is 13.9. The maximum atomic E-state index is 13.6. The number of fused-ring (bicyclic) bond motifs is 2. The molecule has 0 aromatic rings. The fraction of sp³-hybridized carbons (Fsp3) is 0.833. The third kappa shape index (κ3) is 2.59. The molecule has 2 unspecified atom stereocenters. The molecule has 1 fully saturated rings. The van der Waals surface area contributed by atoms with Gasteiger partial charge >= 0.3 is 15.4 Å². The minimum atomic E-state index is -5.31. The van der Waals surface area contributed by atoms with E-state index in [1.165, 1.54) is 0 Å². The Balaban J connectivity index is 2.25. The molecular weight excluding hydrogens is 262 g/mol. The highest BCUT2D eigenvalue weighted by molar-refractivity contribution is 7.86. The van der Waals surface area contributed by atoms with E-state index < -0.39 is 27.2 Å². The number of alkyl halides is 2. The summed E-state index contributed by atoms with van der Waals surface area (Å²) in [4.78, 5) is 0. The number of hydrogen-bond donors (Lipinski definition) is 1. The first-order valence-corrected chi connectivity index (χ1v) is 7.62. The third-order valence-corrected chi connectivity index (χ3v) is 4.94. The van der Waals surface area contributed by atoms with Crippen LogP contribution in [0.25, 0.3) is 0 Å². The van der Waals surface area contributed by atoms with Crippen LogP contribution in [-0.2, 0) is 10.1 Å². The Labute approximate surface area is 106 Å². The molecule has 104 valence electrons. The third-order valence-electron chi connectivity index (χ3n) is 4.04. The molecule has 0 radical (unpaired) electrons. The molecule has 0 aliphatic heterocycles. The topological polar surface area (TPSA) is 54.4 Å². The Morgan fingerprint density at radius 3 is 2.83 bits per heavy atom. The average Bonchev–Trinajstić information content (AvgIpc) is 2.12. The van der Waals surface area contributed by atoms with E-state index in [0.29, 0.717) is 19.3 Å². The van der Waals surface area contributed by atoms with Gasteiger partial charge in [-0.25, -0.2) is 0 Å². The summed E-state index contributed by atoms with van der Waals surface area (Å²) in [5.74, 6) is 0.200. The monoisotopic (exact) mass is 280 g/mol. The van der Waals surface area contributed by atoms with Crippen molar-refractivity contribution in [3.05, 3.63) is 11.6 Å². The Morgan fingerprint density at radius 1 is 1.56 bits per heavy atom. The van der Waals surface area contributed by atoms with Crippen LogP contribution in [0.2, 0.25) is 0 Å². The highest BCUT2D eigenvalue weighted by Crippen LogP contribution is 2.53. The van der Waals surface area contributed by atoms with Crippen LogP contribution in [0.1, 0.15) is 45.4 Å². The van der Waals surface area contributed by atoms with E-state index in [1.54, 1.807) is 0 Å². The van der Waals surface area contributed by atoms with Gasteiger partial charge in [0.1, 0.15) is 0 Å². The average molecular weight is 280 g/mol. The zero-order valence-corrected chi connectivity index (χ0v) is 11.1. The Kier molecular flexibility index (Phi) is 3.30. The van der Waals surface area contributed by atoms with Gasteiger partial charge in [0.15, 0.2) is 0 Å². The van der Waals surface area contributed by atoms with Gasteiger partial charge in [-0.05, 0) is 43.4 Å². The molecule has 0 aromatic heterocycles. The van der Waals surface area contributed by atoms with Gasteiger partial charge < -0.3 is 0 Å². The zero-order chi connectivity index (χ0) is 13.6. The lowest BCUT2D eigenvalue weighted by Crippen LogP contribution is -2.40. The van der Waals surface area contributed by atoms with E-state index in [4.69, 9.17) is 4.55 Å². The minimum absolute atomic E-state index is 0.200. The SMILES string of the molecule is CC1C=C2CCCC(CC(F)(F)S(=O)(=O)O)(C2)C1. The number of allylic oxidation sites excluding steroid dienone is 2. The van der Waals surface area contributed by atoms with Crippen LogP contribution in [0.4, 0.5) is 8.78 Å². The summed E-state index contributed by atoms with van der Waals surface area (Å²) in [6, 6.07) is 0. The van der Waals surface area contributed by atoms with Crippen LogP contribution in [0.15, 0.2) is 11.6 Å². The molecule has 0 spiro atoms. The molecule has 3 nitrogen and oxygen atoms in total. The molecule has 2 aliphatic carbocycles. The minimum Gasteiger partial charge on any atom is -0.281 e. The van der Waals surface area contributed by atoms with Crippen molar-refractivity contribution in [3.63, 3.8) is 0 Å². The van der Waals surface area contributed by atoms with Crippen LogP contribution in [0, 0.1) is 11.3 Å². The Hall–Kier alpha value is -0.490. The molecule has 0 saturated heterocycles. The van der Waals surface area contributed by atoms with Gasteiger partial charge in [-0.1, -0.05) is 18.6 Å². The predicted octanol–water partition coefficient (Wildman–Crippen LogP) is 3.38. The van der Waals surface area contributed by atoms with Crippen LogP contribution in [-0.4, -0.2) is 18.2 Å². The summed E-state index contributed by atoms with van der Waals surface area (Å²) in [6.07, 6.45) is 4.82. The van der Waals surface area contributed by atoms with Crippen molar-refractivity contribution in [1.29, 1.82) is 0 Å². The fourth-order valence-electron chi connectivity index (χ4n) is 3.56. The lowest BCUT2D eigenvalue weighted by molar-refractivity contribution is 0.00149. The second-order valence-corrected chi connectivity index (χ2v) is 7.37. The molecule has 0 heterocycles. The smallest absolute Gasteiger partial charge is 0.281 e. The summed E-state index contributed by atoms with van der Waals surface area (Å²) in [5, 5.41) is -4.04. The maximum Gasteiger partial charge on any atom is 0.370 e. The molecule has 0 amide bonds. The van der Waals surface area contributed by atoms with Gasteiger partial charge in [-0.3, -0.25) is 4.55 Å². The molecule has 6 heteroatoms. The normalized spacial score (nSPS) is 33.1. The second kappa shape index (κ2) is 4.27. The first-order chi connectivity index (χ1) is 8.14. The summed E-state index contributed by atoms with van der Waals surface area (Å²) in [7, 11) is -5.31. The molecular formula is C12H18F2O3S. The Morgan fingerprint density at radius 2 is 2.22 bits per heavy atom. The zero-order valence-electron chi connectivity index (χ0n) is 10.3. The molecule has 1 saturated carbocycles. The largest absolute Gasteiger partial charge is 0.370 e. The molecule has 2 atom stereocenters. The number of hydrogen-bond acceptors (Lipinski definition) is 2. The van der Waals surface area contributed by atoms with Crippen molar-refractivity contribution in [3.8, 4) is 0 Å².